The van der Waals surface area contributed by atoms with Gasteiger partial charge in [-0.1, -0.05) is 13.8 Å². The van der Waals surface area contributed by atoms with E-state index in [1.165, 1.54) is 12.3 Å². The zero-order chi connectivity index (χ0) is 11.1. The van der Waals surface area contributed by atoms with Gasteiger partial charge in [0, 0.05) is 12.3 Å². The lowest BCUT2D eigenvalue weighted by molar-refractivity contribution is 0.453. The van der Waals surface area contributed by atoms with Gasteiger partial charge in [0.25, 0.3) is 0 Å². The molecule has 0 amide bonds. The Labute approximate surface area is 83.7 Å². The molecule has 0 spiro atoms. The molecule has 0 aliphatic rings. The van der Waals surface area contributed by atoms with Crippen molar-refractivity contribution in [3.8, 4) is 11.5 Å². The molecule has 0 saturated carbocycles. The quantitative estimate of drug-likeness (QED) is 0.279. The van der Waals surface area contributed by atoms with Crippen LogP contribution in [-0.2, 0) is 0 Å². The fourth-order valence-corrected chi connectivity index (χ4v) is 0.824. The van der Waals surface area contributed by atoms with Crippen molar-refractivity contribution in [2.45, 2.75) is 20.8 Å². The Morgan fingerprint density at radius 1 is 1.21 bits per heavy atom. The Bertz CT molecular complexity index is 322. The Hall–Kier alpha value is -1.71. The summed E-state index contributed by atoms with van der Waals surface area (Å²) in [6.07, 6.45) is 1.53. The van der Waals surface area contributed by atoms with Crippen molar-refractivity contribution in [1.82, 2.24) is 0 Å². The largest absolute Gasteiger partial charge is 0.506 e. The van der Waals surface area contributed by atoms with E-state index in [1.54, 1.807) is 6.92 Å². The van der Waals surface area contributed by atoms with E-state index in [2.05, 4.69) is 4.99 Å². The van der Waals surface area contributed by atoms with Crippen molar-refractivity contribution in [3.05, 3.63) is 12.1 Å². The summed E-state index contributed by atoms with van der Waals surface area (Å²) in [7, 11) is 0. The number of nitrogens with two attached hydrogens (primary N) is 1. The highest BCUT2D eigenvalue weighted by atomic mass is 16.3. The Morgan fingerprint density at radius 2 is 1.79 bits per heavy atom. The number of aliphatic imine (C=N–C) groups is 1. The maximum absolute atomic E-state index is 9.22. The summed E-state index contributed by atoms with van der Waals surface area (Å²) in [5.74, 6) is -0.220. The van der Waals surface area contributed by atoms with Crippen LogP contribution in [0.5, 0.6) is 11.5 Å². The highest BCUT2D eigenvalue weighted by molar-refractivity contribution is 5.70. The number of benzene rings is 1. The molecule has 14 heavy (non-hydrogen) atoms. The lowest BCUT2D eigenvalue weighted by Gasteiger charge is -2.02. The lowest BCUT2D eigenvalue weighted by atomic mass is 10.2. The molecule has 0 radical (unpaired) electrons. The topological polar surface area (TPSA) is 78.8 Å². The number of hydrogen-bond donors (Lipinski definition) is 3. The minimum Gasteiger partial charge on any atom is -0.506 e. The summed E-state index contributed by atoms with van der Waals surface area (Å²) in [6, 6.07) is 2.57. The molecule has 1 aromatic rings. The second kappa shape index (κ2) is 5.85. The second-order valence-corrected chi connectivity index (χ2v) is 2.29. The summed E-state index contributed by atoms with van der Waals surface area (Å²) >= 11 is 0. The van der Waals surface area contributed by atoms with Crippen LogP contribution in [0.2, 0.25) is 0 Å². The molecule has 1 aromatic carbocycles. The van der Waals surface area contributed by atoms with Crippen molar-refractivity contribution < 1.29 is 10.2 Å². The molecule has 0 unspecified atom stereocenters. The van der Waals surface area contributed by atoms with Gasteiger partial charge in [0.2, 0.25) is 0 Å². The third-order valence-corrected chi connectivity index (χ3v) is 1.39. The highest BCUT2D eigenvalue weighted by Crippen LogP contribution is 2.34. The van der Waals surface area contributed by atoms with E-state index < -0.39 is 0 Å². The van der Waals surface area contributed by atoms with E-state index in [1.807, 2.05) is 13.8 Å². The van der Waals surface area contributed by atoms with Gasteiger partial charge in [0.05, 0.1) is 5.69 Å². The van der Waals surface area contributed by atoms with E-state index >= 15 is 0 Å². The number of phenolic OH excluding ortho intramolecular Hbond substituents is 2. The number of aromatic hydroxyl groups is 2. The summed E-state index contributed by atoms with van der Waals surface area (Å²) in [4.78, 5) is 3.84. The predicted molar refractivity (Wildman–Crippen MR) is 59.4 cm³/mol. The van der Waals surface area contributed by atoms with Gasteiger partial charge in [-0.15, -0.1) is 0 Å². The maximum atomic E-state index is 9.22. The van der Waals surface area contributed by atoms with E-state index in [-0.39, 0.29) is 17.2 Å². The average molecular weight is 196 g/mol. The first-order chi connectivity index (χ1) is 6.65. The Balaban J connectivity index is 0.000000791. The number of nitrogens with zero attached hydrogens (tertiary/aromatic N) is 1. The monoisotopic (exact) mass is 196 g/mol. The number of nitrogen functional groups attached to an aromatic ring is 1. The molecule has 0 aliphatic heterocycles. The van der Waals surface area contributed by atoms with Crippen LogP contribution in [0.3, 0.4) is 0 Å². The van der Waals surface area contributed by atoms with E-state index in [0.29, 0.717) is 5.69 Å². The minimum absolute atomic E-state index is 0.0835. The highest BCUT2D eigenvalue weighted by Gasteiger charge is 2.03. The van der Waals surface area contributed by atoms with Crippen molar-refractivity contribution in [2.75, 3.05) is 5.73 Å². The van der Waals surface area contributed by atoms with Gasteiger partial charge < -0.3 is 15.9 Å². The molecule has 0 saturated heterocycles. The van der Waals surface area contributed by atoms with Crippen molar-refractivity contribution in [3.63, 3.8) is 0 Å². The number of rotatable bonds is 1. The van der Waals surface area contributed by atoms with Gasteiger partial charge in [0.15, 0.2) is 0 Å². The summed E-state index contributed by atoms with van der Waals surface area (Å²) in [5.41, 5.74) is 5.94. The third kappa shape index (κ3) is 2.97. The van der Waals surface area contributed by atoms with E-state index in [4.69, 9.17) is 10.8 Å². The molecule has 4 nitrogen and oxygen atoms in total. The zero-order valence-corrected chi connectivity index (χ0v) is 8.65. The van der Waals surface area contributed by atoms with E-state index in [9.17, 15) is 5.11 Å². The smallest absolute Gasteiger partial charge is 0.145 e. The number of anilines is 1. The van der Waals surface area contributed by atoms with Gasteiger partial charge in [-0.3, -0.25) is 4.99 Å². The van der Waals surface area contributed by atoms with Crippen LogP contribution in [0.1, 0.15) is 20.8 Å². The van der Waals surface area contributed by atoms with Crippen LogP contribution in [0, 0.1) is 0 Å². The van der Waals surface area contributed by atoms with Gasteiger partial charge in [-0.25, -0.2) is 0 Å². The van der Waals surface area contributed by atoms with Crippen LogP contribution >= 0.6 is 0 Å². The first-order valence-electron chi connectivity index (χ1n) is 4.45. The molecule has 0 atom stereocenters. The van der Waals surface area contributed by atoms with Crippen LogP contribution in [0.4, 0.5) is 11.4 Å². The Morgan fingerprint density at radius 3 is 2.29 bits per heavy atom. The average Bonchev–Trinajstić information content (AvgIpc) is 2.18. The van der Waals surface area contributed by atoms with Crippen molar-refractivity contribution in [1.29, 1.82) is 0 Å². The normalized spacial score (nSPS) is 9.64. The summed E-state index contributed by atoms with van der Waals surface area (Å²) < 4.78 is 0. The summed E-state index contributed by atoms with van der Waals surface area (Å²) in [6.45, 7) is 5.72. The molecular weight excluding hydrogens is 180 g/mol. The molecule has 0 aliphatic carbocycles. The molecule has 0 heterocycles. The van der Waals surface area contributed by atoms with Crippen LogP contribution in [-0.4, -0.2) is 16.4 Å². The van der Waals surface area contributed by atoms with Gasteiger partial charge in [-0.05, 0) is 13.0 Å². The first-order valence-corrected chi connectivity index (χ1v) is 4.45. The van der Waals surface area contributed by atoms with Crippen molar-refractivity contribution in [2.24, 2.45) is 4.99 Å². The molecule has 4 N–H and O–H groups in total. The number of hydrogen-bond acceptors (Lipinski definition) is 4. The fourth-order valence-electron chi connectivity index (χ4n) is 0.824. The second-order valence-electron chi connectivity index (χ2n) is 2.29. The lowest BCUT2D eigenvalue weighted by Crippen LogP contribution is -1.84. The summed E-state index contributed by atoms with van der Waals surface area (Å²) in [5, 5.41) is 18.3. The predicted octanol–water partition coefficient (Wildman–Crippen LogP) is 2.43. The van der Waals surface area contributed by atoms with Crippen LogP contribution in [0.25, 0.3) is 0 Å². The molecule has 4 heteroatoms. The third-order valence-electron chi connectivity index (χ3n) is 1.39. The Kier molecular flexibility index (Phi) is 5.14. The van der Waals surface area contributed by atoms with Crippen molar-refractivity contribution >= 4 is 17.6 Å². The molecule has 0 aromatic heterocycles. The number of phenols is 2. The van der Waals surface area contributed by atoms with Gasteiger partial charge in [0.1, 0.15) is 17.2 Å². The minimum atomic E-state index is -0.137. The maximum Gasteiger partial charge on any atom is 0.145 e. The van der Waals surface area contributed by atoms with Crippen LogP contribution in [0.15, 0.2) is 17.1 Å². The molecule has 78 valence electrons. The van der Waals surface area contributed by atoms with Crippen LogP contribution < -0.4 is 5.73 Å². The zero-order valence-electron chi connectivity index (χ0n) is 8.65. The standard InChI is InChI=1S/C8H10N2O2.C2H6/c1-2-10-6-3-5(9)7(11)4-8(6)12;1-2/h2-4,11-12H,9H2,1H3;1-2H3. The molecular formula is C10H16N2O2. The molecule has 0 fully saturated rings. The first kappa shape index (κ1) is 12.3. The molecule has 0 bridgehead atoms. The van der Waals surface area contributed by atoms with Gasteiger partial charge >= 0.3 is 0 Å². The molecule has 1 rings (SSSR count). The van der Waals surface area contributed by atoms with E-state index in [0.717, 1.165) is 6.07 Å². The SMILES string of the molecule is CC.CC=Nc1cc(N)c(O)cc1O. The fraction of sp³-hybridized carbons (Fsp3) is 0.300. The van der Waals surface area contributed by atoms with Gasteiger partial charge in [-0.2, -0.15) is 0 Å².